The Morgan fingerprint density at radius 1 is 1.47 bits per heavy atom. The summed E-state index contributed by atoms with van der Waals surface area (Å²) in [5, 5.41) is 0. The molecule has 0 unspecified atom stereocenters. The fraction of sp³-hybridized carbons (Fsp3) is 0.250. The van der Waals surface area contributed by atoms with Crippen molar-refractivity contribution in [2.45, 2.75) is 18.2 Å². The number of thiazole rings is 1. The van der Waals surface area contributed by atoms with Crippen LogP contribution in [0, 0.1) is 0 Å². The highest BCUT2D eigenvalue weighted by molar-refractivity contribution is 8.08. The SMILES string of the molecule is C/C=C(\C)CSOSc1nc2ccccc2s1. The van der Waals surface area contributed by atoms with Crippen molar-refractivity contribution in [1.29, 1.82) is 0 Å². The molecule has 1 aromatic carbocycles. The van der Waals surface area contributed by atoms with Crippen molar-refractivity contribution in [3.8, 4) is 0 Å². The summed E-state index contributed by atoms with van der Waals surface area (Å²) in [7, 11) is 0. The smallest absolute Gasteiger partial charge is 0.179 e. The third kappa shape index (κ3) is 3.74. The lowest BCUT2D eigenvalue weighted by atomic mass is 10.3. The van der Waals surface area contributed by atoms with E-state index in [2.05, 4.69) is 24.1 Å². The van der Waals surface area contributed by atoms with E-state index in [-0.39, 0.29) is 0 Å². The third-order valence-electron chi connectivity index (χ3n) is 2.21. The first kappa shape index (κ1) is 13.0. The standard InChI is InChI=1S/C12H13NOS3/c1-3-9(2)8-15-14-17-12-13-10-6-4-5-7-11(10)16-12/h3-7H,8H2,1-2H3/b9-3+. The normalized spacial score (nSPS) is 12.2. The van der Waals surface area contributed by atoms with Gasteiger partial charge in [0.05, 0.1) is 22.3 Å². The second-order valence-corrected chi connectivity index (χ2v) is 6.41. The zero-order chi connectivity index (χ0) is 12.1. The van der Waals surface area contributed by atoms with E-state index in [0.29, 0.717) is 0 Å². The first-order valence-corrected chi connectivity index (χ1v) is 7.70. The second kappa shape index (κ2) is 6.44. The quantitative estimate of drug-likeness (QED) is 0.440. The summed E-state index contributed by atoms with van der Waals surface area (Å²) in [6.45, 7) is 4.13. The predicted octanol–water partition coefficient (Wildman–Crippen LogP) is 4.93. The maximum Gasteiger partial charge on any atom is 0.179 e. The summed E-state index contributed by atoms with van der Waals surface area (Å²) in [6, 6.07) is 8.13. The molecule has 0 N–H and O–H groups in total. The molecule has 90 valence electrons. The number of nitrogens with zero attached hydrogens (tertiary/aromatic N) is 1. The van der Waals surface area contributed by atoms with E-state index in [4.69, 9.17) is 3.63 Å². The Kier molecular flexibility index (Phi) is 4.91. The number of benzene rings is 1. The van der Waals surface area contributed by atoms with Gasteiger partial charge in [0.2, 0.25) is 0 Å². The Hall–Kier alpha value is -0.490. The number of fused-ring (bicyclic) bond motifs is 1. The van der Waals surface area contributed by atoms with Gasteiger partial charge in [0.25, 0.3) is 0 Å². The molecule has 0 spiro atoms. The van der Waals surface area contributed by atoms with Gasteiger partial charge in [0.1, 0.15) is 0 Å². The molecule has 0 bridgehead atoms. The number of para-hydroxylation sites is 1. The minimum atomic E-state index is 0.897. The van der Waals surface area contributed by atoms with Gasteiger partial charge in [-0.3, -0.25) is 0 Å². The summed E-state index contributed by atoms with van der Waals surface area (Å²) < 4.78 is 7.62. The molecule has 1 heterocycles. The van der Waals surface area contributed by atoms with Crippen molar-refractivity contribution in [2.24, 2.45) is 0 Å². The van der Waals surface area contributed by atoms with Crippen LogP contribution in [-0.2, 0) is 3.63 Å². The number of rotatable bonds is 5. The third-order valence-corrected chi connectivity index (χ3v) is 4.96. The minimum Gasteiger partial charge on any atom is -0.239 e. The van der Waals surface area contributed by atoms with Crippen LogP contribution in [0.4, 0.5) is 0 Å². The lowest BCUT2D eigenvalue weighted by molar-refractivity contribution is 0.758. The summed E-state index contributed by atoms with van der Waals surface area (Å²) >= 11 is 4.45. The van der Waals surface area contributed by atoms with Gasteiger partial charge in [-0.1, -0.05) is 23.8 Å². The van der Waals surface area contributed by atoms with Crippen molar-refractivity contribution in [1.82, 2.24) is 4.98 Å². The molecule has 0 atom stereocenters. The molecule has 0 radical (unpaired) electrons. The van der Waals surface area contributed by atoms with Gasteiger partial charge in [-0.25, -0.2) is 8.61 Å². The van der Waals surface area contributed by atoms with E-state index in [1.165, 1.54) is 34.4 Å². The highest BCUT2D eigenvalue weighted by atomic mass is 32.2. The van der Waals surface area contributed by atoms with Gasteiger partial charge in [-0.05, 0) is 26.0 Å². The van der Waals surface area contributed by atoms with E-state index >= 15 is 0 Å². The average Bonchev–Trinajstić information content (AvgIpc) is 2.76. The Morgan fingerprint density at radius 3 is 3.06 bits per heavy atom. The molecule has 0 amide bonds. The lowest BCUT2D eigenvalue weighted by Gasteiger charge is -1.98. The maximum absolute atomic E-state index is 5.46. The van der Waals surface area contributed by atoms with Crippen LogP contribution in [0.15, 0.2) is 40.3 Å². The van der Waals surface area contributed by atoms with Gasteiger partial charge < -0.3 is 0 Å². The Balaban J connectivity index is 1.87. The van der Waals surface area contributed by atoms with E-state index < -0.39 is 0 Å². The fourth-order valence-electron chi connectivity index (χ4n) is 1.14. The minimum absolute atomic E-state index is 0.897. The maximum atomic E-state index is 5.46. The van der Waals surface area contributed by atoms with Crippen LogP contribution in [0.1, 0.15) is 13.8 Å². The average molecular weight is 283 g/mol. The zero-order valence-corrected chi connectivity index (χ0v) is 12.1. The van der Waals surface area contributed by atoms with Gasteiger partial charge in [-0.15, -0.1) is 11.3 Å². The van der Waals surface area contributed by atoms with Crippen LogP contribution in [0.5, 0.6) is 0 Å². The highest BCUT2D eigenvalue weighted by Gasteiger charge is 2.04. The largest absolute Gasteiger partial charge is 0.239 e. The van der Waals surface area contributed by atoms with Crippen LogP contribution >= 0.6 is 35.4 Å². The van der Waals surface area contributed by atoms with E-state index in [1.807, 2.05) is 25.1 Å². The van der Waals surface area contributed by atoms with E-state index in [0.717, 1.165) is 15.6 Å². The number of aromatic nitrogens is 1. The molecule has 0 aliphatic heterocycles. The molecule has 1 aromatic heterocycles. The Morgan fingerprint density at radius 2 is 2.29 bits per heavy atom. The molecular formula is C12H13NOS3. The lowest BCUT2D eigenvalue weighted by Crippen LogP contribution is -1.79. The molecular weight excluding hydrogens is 270 g/mol. The molecule has 2 rings (SSSR count). The molecule has 0 aliphatic rings. The molecule has 2 nitrogen and oxygen atoms in total. The van der Waals surface area contributed by atoms with Crippen molar-refractivity contribution in [3.05, 3.63) is 35.9 Å². The van der Waals surface area contributed by atoms with Crippen molar-refractivity contribution >= 4 is 45.6 Å². The van der Waals surface area contributed by atoms with Crippen LogP contribution in [0.2, 0.25) is 0 Å². The second-order valence-electron chi connectivity index (χ2n) is 3.50. The molecule has 0 aliphatic carbocycles. The fourth-order valence-corrected chi connectivity index (χ4v) is 3.60. The van der Waals surface area contributed by atoms with Gasteiger partial charge in [0.15, 0.2) is 4.34 Å². The molecule has 0 fully saturated rings. The predicted molar refractivity (Wildman–Crippen MR) is 78.5 cm³/mol. The number of hydrogen-bond donors (Lipinski definition) is 0. The topological polar surface area (TPSA) is 22.1 Å². The van der Waals surface area contributed by atoms with Crippen molar-refractivity contribution in [3.63, 3.8) is 0 Å². The van der Waals surface area contributed by atoms with Crippen LogP contribution in [0.3, 0.4) is 0 Å². The highest BCUT2D eigenvalue weighted by Crippen LogP contribution is 2.32. The first-order valence-electron chi connectivity index (χ1n) is 5.23. The van der Waals surface area contributed by atoms with Gasteiger partial charge in [-0.2, -0.15) is 0 Å². The first-order chi connectivity index (χ1) is 8.29. The summed E-state index contributed by atoms with van der Waals surface area (Å²) in [4.78, 5) is 4.48. The number of allylic oxidation sites excluding steroid dienone is 1. The van der Waals surface area contributed by atoms with Crippen molar-refractivity contribution < 1.29 is 3.63 Å². The van der Waals surface area contributed by atoms with Gasteiger partial charge in [0, 0.05) is 17.8 Å². The zero-order valence-electron chi connectivity index (χ0n) is 9.67. The van der Waals surface area contributed by atoms with Crippen LogP contribution < -0.4 is 0 Å². The molecule has 2 aromatic rings. The summed E-state index contributed by atoms with van der Waals surface area (Å²) in [5.74, 6) is 0.897. The summed E-state index contributed by atoms with van der Waals surface area (Å²) in [6.07, 6.45) is 2.10. The van der Waals surface area contributed by atoms with Crippen LogP contribution in [0.25, 0.3) is 10.2 Å². The Labute approximate surface area is 114 Å². The number of hydrogen-bond acceptors (Lipinski definition) is 5. The van der Waals surface area contributed by atoms with Crippen LogP contribution in [-0.4, -0.2) is 10.7 Å². The van der Waals surface area contributed by atoms with Gasteiger partial charge >= 0.3 is 0 Å². The Bertz CT molecular complexity index is 488. The van der Waals surface area contributed by atoms with E-state index in [1.54, 1.807) is 11.3 Å². The molecule has 0 saturated carbocycles. The molecule has 5 heteroatoms. The van der Waals surface area contributed by atoms with Crippen molar-refractivity contribution in [2.75, 3.05) is 5.75 Å². The monoisotopic (exact) mass is 283 g/mol. The molecule has 0 saturated heterocycles. The summed E-state index contributed by atoms with van der Waals surface area (Å²) in [5.41, 5.74) is 2.36. The molecule has 17 heavy (non-hydrogen) atoms. The van der Waals surface area contributed by atoms with E-state index in [9.17, 15) is 0 Å².